The molecule has 1 atom stereocenters. The number of nitrogens with one attached hydrogen (secondary N) is 1. The summed E-state index contributed by atoms with van der Waals surface area (Å²) in [5.74, 6) is 0.464. The molecule has 1 aromatic carbocycles. The smallest absolute Gasteiger partial charge is 0.293 e. The van der Waals surface area contributed by atoms with E-state index in [0.29, 0.717) is 16.6 Å². The highest BCUT2D eigenvalue weighted by atomic mass is 16.5. The molecule has 0 radical (unpaired) electrons. The average Bonchev–Trinajstić information content (AvgIpc) is 3.12. The minimum absolute atomic E-state index is 0.161. The summed E-state index contributed by atoms with van der Waals surface area (Å²) in [6.07, 6.45) is 1.65. The molecule has 0 aliphatic carbocycles. The van der Waals surface area contributed by atoms with E-state index >= 15 is 0 Å². The highest BCUT2D eigenvalue weighted by molar-refractivity contribution is 5.81. The summed E-state index contributed by atoms with van der Waals surface area (Å²) in [6.45, 7) is 9.46. The first-order valence-corrected chi connectivity index (χ1v) is 9.51. The number of ether oxygens (including phenoxy) is 1. The van der Waals surface area contributed by atoms with Crippen LogP contribution in [-0.4, -0.2) is 32.6 Å². The molecule has 8 nitrogen and oxygen atoms in total. The Morgan fingerprint density at radius 1 is 1.24 bits per heavy atom. The van der Waals surface area contributed by atoms with E-state index in [0.717, 1.165) is 11.3 Å². The zero-order chi connectivity index (χ0) is 21.3. The maximum absolute atomic E-state index is 13.0. The van der Waals surface area contributed by atoms with Crippen LogP contribution in [0, 0.1) is 6.92 Å². The van der Waals surface area contributed by atoms with Gasteiger partial charge < -0.3 is 10.1 Å². The third-order valence-electron chi connectivity index (χ3n) is 4.79. The SMILES string of the molecule is COc1ccc(C(C)NC(=O)Cn2nc(C)c3cnn(C(C)(C)C)c3c2=O)cc1. The zero-order valence-electron chi connectivity index (χ0n) is 17.7. The van der Waals surface area contributed by atoms with E-state index < -0.39 is 0 Å². The molecule has 1 amide bonds. The van der Waals surface area contributed by atoms with Crippen LogP contribution in [0.5, 0.6) is 5.75 Å². The van der Waals surface area contributed by atoms with E-state index in [1.54, 1.807) is 18.0 Å². The van der Waals surface area contributed by atoms with E-state index in [1.807, 2.05) is 58.9 Å². The van der Waals surface area contributed by atoms with Crippen LogP contribution in [0.15, 0.2) is 35.3 Å². The first-order valence-electron chi connectivity index (χ1n) is 9.51. The van der Waals surface area contributed by atoms with Crippen molar-refractivity contribution < 1.29 is 9.53 Å². The van der Waals surface area contributed by atoms with Crippen LogP contribution in [0.25, 0.3) is 10.9 Å². The number of aryl methyl sites for hydroxylation is 1. The first-order chi connectivity index (χ1) is 13.6. The van der Waals surface area contributed by atoms with Crippen LogP contribution in [0.3, 0.4) is 0 Å². The Morgan fingerprint density at radius 3 is 2.48 bits per heavy atom. The molecule has 0 aliphatic heterocycles. The minimum atomic E-state index is -0.363. The Morgan fingerprint density at radius 2 is 1.90 bits per heavy atom. The minimum Gasteiger partial charge on any atom is -0.497 e. The molecule has 0 saturated carbocycles. The Kier molecular flexibility index (Phi) is 5.46. The standard InChI is InChI=1S/C21H27N5O3/c1-13(15-7-9-16(29-6)10-8-15)23-18(27)12-25-20(28)19-17(14(2)24-25)11-22-26(19)21(3,4)5/h7-11,13H,12H2,1-6H3,(H,23,27). The van der Waals surface area contributed by atoms with Gasteiger partial charge in [0.15, 0.2) is 0 Å². The second-order valence-corrected chi connectivity index (χ2v) is 8.10. The molecule has 3 rings (SSSR count). The van der Waals surface area contributed by atoms with Gasteiger partial charge in [-0.25, -0.2) is 4.68 Å². The van der Waals surface area contributed by atoms with Gasteiger partial charge in [0.25, 0.3) is 5.56 Å². The summed E-state index contributed by atoms with van der Waals surface area (Å²) in [7, 11) is 1.61. The lowest BCUT2D eigenvalue weighted by molar-refractivity contribution is -0.122. The summed E-state index contributed by atoms with van der Waals surface area (Å²) in [6, 6.07) is 7.26. The average molecular weight is 397 g/mol. The van der Waals surface area contributed by atoms with E-state index in [9.17, 15) is 9.59 Å². The lowest BCUT2D eigenvalue weighted by Gasteiger charge is -2.20. The van der Waals surface area contributed by atoms with Crippen molar-refractivity contribution in [1.82, 2.24) is 24.9 Å². The fourth-order valence-electron chi connectivity index (χ4n) is 3.24. The molecule has 3 aromatic rings. The Hall–Kier alpha value is -3.16. The number of fused-ring (bicyclic) bond motifs is 1. The topological polar surface area (TPSA) is 91.0 Å². The van der Waals surface area contributed by atoms with Crippen molar-refractivity contribution in [2.75, 3.05) is 7.11 Å². The van der Waals surface area contributed by atoms with Crippen molar-refractivity contribution in [3.63, 3.8) is 0 Å². The van der Waals surface area contributed by atoms with E-state index in [2.05, 4.69) is 15.5 Å². The molecular weight excluding hydrogens is 370 g/mol. The number of nitrogens with zero attached hydrogens (tertiary/aromatic N) is 4. The van der Waals surface area contributed by atoms with Gasteiger partial charge in [0.1, 0.15) is 17.8 Å². The third-order valence-corrected chi connectivity index (χ3v) is 4.79. The Balaban J connectivity index is 1.84. The molecule has 0 fully saturated rings. The molecule has 2 heterocycles. The van der Waals surface area contributed by atoms with Gasteiger partial charge in [0.2, 0.25) is 5.91 Å². The Labute approximate surface area is 169 Å². The fourth-order valence-corrected chi connectivity index (χ4v) is 3.24. The van der Waals surface area contributed by atoms with Gasteiger partial charge >= 0.3 is 0 Å². The molecule has 1 unspecified atom stereocenters. The van der Waals surface area contributed by atoms with Gasteiger partial charge in [-0.1, -0.05) is 12.1 Å². The Bertz CT molecular complexity index is 1090. The number of methoxy groups -OCH3 is 1. The van der Waals surface area contributed by atoms with Crippen molar-refractivity contribution in [3.05, 3.63) is 52.1 Å². The van der Waals surface area contributed by atoms with Crippen molar-refractivity contribution >= 4 is 16.8 Å². The number of carbonyl (C=O) groups is 1. The maximum atomic E-state index is 13.0. The van der Waals surface area contributed by atoms with Gasteiger partial charge in [-0.3, -0.25) is 14.3 Å². The predicted molar refractivity (Wildman–Crippen MR) is 111 cm³/mol. The summed E-state index contributed by atoms with van der Waals surface area (Å²) in [5, 5.41) is 12.3. The van der Waals surface area contributed by atoms with Crippen molar-refractivity contribution in [3.8, 4) is 5.75 Å². The zero-order valence-corrected chi connectivity index (χ0v) is 17.7. The normalized spacial score (nSPS) is 12.8. The monoisotopic (exact) mass is 397 g/mol. The molecule has 8 heteroatoms. The summed E-state index contributed by atoms with van der Waals surface area (Å²) in [4.78, 5) is 25.6. The molecule has 0 bridgehead atoms. The van der Waals surface area contributed by atoms with E-state index in [4.69, 9.17) is 4.74 Å². The lowest BCUT2D eigenvalue weighted by atomic mass is 10.1. The van der Waals surface area contributed by atoms with Crippen LogP contribution in [-0.2, 0) is 16.9 Å². The van der Waals surface area contributed by atoms with Gasteiger partial charge in [-0.2, -0.15) is 10.2 Å². The molecular formula is C21H27N5O3. The van der Waals surface area contributed by atoms with Gasteiger partial charge in [-0.05, 0) is 52.3 Å². The molecule has 29 heavy (non-hydrogen) atoms. The summed E-state index contributed by atoms with van der Waals surface area (Å²) in [5.41, 5.74) is 1.37. The third kappa shape index (κ3) is 4.16. The van der Waals surface area contributed by atoms with Gasteiger partial charge in [0.05, 0.1) is 30.6 Å². The predicted octanol–water partition coefficient (Wildman–Crippen LogP) is 2.54. The van der Waals surface area contributed by atoms with Crippen molar-refractivity contribution in [2.24, 2.45) is 0 Å². The lowest BCUT2D eigenvalue weighted by Crippen LogP contribution is -2.36. The fraction of sp³-hybridized carbons (Fsp3) is 0.429. The molecule has 0 aliphatic rings. The quantitative estimate of drug-likeness (QED) is 0.714. The van der Waals surface area contributed by atoms with Gasteiger partial charge in [0, 0.05) is 5.39 Å². The van der Waals surface area contributed by atoms with E-state index in [1.165, 1.54) is 4.68 Å². The molecule has 0 saturated heterocycles. The van der Waals surface area contributed by atoms with Crippen LogP contribution in [0.2, 0.25) is 0 Å². The largest absolute Gasteiger partial charge is 0.497 e. The molecule has 154 valence electrons. The van der Waals surface area contributed by atoms with Crippen LogP contribution in [0.4, 0.5) is 0 Å². The van der Waals surface area contributed by atoms with E-state index in [-0.39, 0.29) is 29.6 Å². The number of amides is 1. The number of carbonyl (C=O) groups excluding carboxylic acids is 1. The number of aromatic nitrogens is 4. The van der Waals surface area contributed by atoms with Crippen molar-refractivity contribution in [2.45, 2.75) is 52.7 Å². The highest BCUT2D eigenvalue weighted by Gasteiger charge is 2.22. The summed E-state index contributed by atoms with van der Waals surface area (Å²) >= 11 is 0. The molecule has 2 aromatic heterocycles. The number of hydrogen-bond donors (Lipinski definition) is 1. The van der Waals surface area contributed by atoms with Crippen LogP contribution >= 0.6 is 0 Å². The number of hydrogen-bond acceptors (Lipinski definition) is 5. The maximum Gasteiger partial charge on any atom is 0.293 e. The molecule has 1 N–H and O–H groups in total. The molecule has 0 spiro atoms. The van der Waals surface area contributed by atoms with Crippen molar-refractivity contribution in [1.29, 1.82) is 0 Å². The van der Waals surface area contributed by atoms with Crippen LogP contribution in [0.1, 0.15) is 45.0 Å². The number of rotatable bonds is 5. The van der Waals surface area contributed by atoms with Gasteiger partial charge in [-0.15, -0.1) is 0 Å². The summed E-state index contributed by atoms with van der Waals surface area (Å²) < 4.78 is 8.05. The van der Waals surface area contributed by atoms with Crippen LogP contribution < -0.4 is 15.6 Å². The second-order valence-electron chi connectivity index (χ2n) is 8.10. The second kappa shape index (κ2) is 7.69. The first kappa shape index (κ1) is 20.6. The number of benzene rings is 1. The highest BCUT2D eigenvalue weighted by Crippen LogP contribution is 2.20.